The van der Waals surface area contributed by atoms with Gasteiger partial charge in [-0.1, -0.05) is 19.1 Å². The van der Waals surface area contributed by atoms with Crippen LogP contribution in [0.15, 0.2) is 4.47 Å². The van der Waals surface area contributed by atoms with E-state index in [0.29, 0.717) is 10.9 Å². The van der Waals surface area contributed by atoms with Crippen LogP contribution in [0, 0.1) is 5.92 Å². The fraction of sp³-hybridized carbons (Fsp3) is 0.714. The zero-order chi connectivity index (χ0) is 14.7. The lowest BCUT2D eigenvalue weighted by atomic mass is 9.97. The molecule has 0 aliphatic carbocycles. The van der Waals surface area contributed by atoms with Crippen LogP contribution in [0.1, 0.15) is 38.1 Å². The summed E-state index contributed by atoms with van der Waals surface area (Å²) in [6.07, 6.45) is 3.12. The molecule has 2 heterocycles. The van der Waals surface area contributed by atoms with Crippen LogP contribution in [0.4, 0.5) is 0 Å². The number of aryl methyl sites for hydroxylation is 2. The molecule has 0 aromatic carbocycles. The van der Waals surface area contributed by atoms with Crippen LogP contribution < -0.4 is 5.73 Å². The van der Waals surface area contributed by atoms with Gasteiger partial charge in [0.15, 0.2) is 0 Å². The molecule has 0 radical (unpaired) electrons. The third-order valence-corrected chi connectivity index (χ3v) is 5.31. The Labute approximate surface area is 134 Å². The third-order valence-electron chi connectivity index (χ3n) is 4.06. The molecule has 2 rings (SSSR count). The van der Waals surface area contributed by atoms with Crippen molar-refractivity contribution in [1.82, 2.24) is 14.7 Å². The zero-order valence-corrected chi connectivity index (χ0v) is 14.6. The number of halogens is 1. The molecular weight excluding hydrogens is 336 g/mol. The molecule has 1 aromatic heterocycles. The Morgan fingerprint density at radius 2 is 2.05 bits per heavy atom. The summed E-state index contributed by atoms with van der Waals surface area (Å²) in [6.45, 7) is 8.27. The monoisotopic (exact) mass is 358 g/mol. The number of thiocarbonyl (C=S) groups is 1. The topological polar surface area (TPSA) is 47.1 Å². The van der Waals surface area contributed by atoms with E-state index in [4.69, 9.17) is 18.0 Å². The van der Waals surface area contributed by atoms with E-state index in [9.17, 15) is 0 Å². The molecule has 0 bridgehead atoms. The van der Waals surface area contributed by atoms with E-state index in [2.05, 4.69) is 44.5 Å². The second kappa shape index (κ2) is 7.00. The summed E-state index contributed by atoms with van der Waals surface area (Å²) in [4.78, 5) is 3.15. The van der Waals surface area contributed by atoms with Crippen molar-refractivity contribution in [3.05, 3.63) is 15.9 Å². The van der Waals surface area contributed by atoms with Gasteiger partial charge in [-0.2, -0.15) is 5.10 Å². The van der Waals surface area contributed by atoms with Crippen LogP contribution in [0.25, 0.3) is 0 Å². The Bertz CT molecular complexity index is 478. The van der Waals surface area contributed by atoms with Crippen molar-refractivity contribution in [2.24, 2.45) is 11.7 Å². The van der Waals surface area contributed by atoms with Gasteiger partial charge in [-0.25, -0.2) is 0 Å². The molecule has 0 spiro atoms. The Hall–Kier alpha value is -0.460. The SMILES string of the molecule is CCc1nn(CC)c(CN2CCC(C(N)=S)CC2)c1Br. The smallest absolute Gasteiger partial charge is 0.0767 e. The highest BCUT2D eigenvalue weighted by Gasteiger charge is 2.23. The van der Waals surface area contributed by atoms with Crippen LogP contribution in [0.3, 0.4) is 0 Å². The number of hydrogen-bond donors (Lipinski definition) is 1. The van der Waals surface area contributed by atoms with E-state index in [0.717, 1.165) is 51.1 Å². The first-order chi connectivity index (χ1) is 9.56. The molecule has 0 unspecified atom stereocenters. The molecule has 0 amide bonds. The number of piperidine rings is 1. The van der Waals surface area contributed by atoms with E-state index >= 15 is 0 Å². The minimum absolute atomic E-state index is 0.423. The molecule has 1 aromatic rings. The van der Waals surface area contributed by atoms with E-state index in [1.807, 2.05) is 0 Å². The average Bonchev–Trinajstić information content (AvgIpc) is 2.76. The maximum atomic E-state index is 5.75. The summed E-state index contributed by atoms with van der Waals surface area (Å²) in [5, 5.41) is 4.66. The van der Waals surface area contributed by atoms with Crippen molar-refractivity contribution in [3.63, 3.8) is 0 Å². The first-order valence-electron chi connectivity index (χ1n) is 7.32. The highest BCUT2D eigenvalue weighted by atomic mass is 79.9. The molecule has 1 aliphatic heterocycles. The van der Waals surface area contributed by atoms with Crippen molar-refractivity contribution >= 4 is 33.1 Å². The van der Waals surface area contributed by atoms with Crippen LogP contribution in [-0.2, 0) is 19.5 Å². The van der Waals surface area contributed by atoms with Crippen molar-refractivity contribution in [1.29, 1.82) is 0 Å². The van der Waals surface area contributed by atoms with Gasteiger partial charge in [0.05, 0.1) is 20.8 Å². The van der Waals surface area contributed by atoms with Gasteiger partial charge in [0.2, 0.25) is 0 Å². The Morgan fingerprint density at radius 3 is 2.55 bits per heavy atom. The number of nitrogens with zero attached hydrogens (tertiary/aromatic N) is 3. The molecule has 4 nitrogen and oxygen atoms in total. The molecule has 112 valence electrons. The van der Waals surface area contributed by atoms with Gasteiger partial charge in [0.25, 0.3) is 0 Å². The quantitative estimate of drug-likeness (QED) is 0.822. The van der Waals surface area contributed by atoms with Crippen LogP contribution in [0.5, 0.6) is 0 Å². The van der Waals surface area contributed by atoms with Crippen molar-refractivity contribution in [3.8, 4) is 0 Å². The number of nitrogens with two attached hydrogens (primary N) is 1. The zero-order valence-electron chi connectivity index (χ0n) is 12.2. The second-order valence-corrected chi connectivity index (χ2v) is 6.59. The summed E-state index contributed by atoms with van der Waals surface area (Å²) in [6, 6.07) is 0. The molecule has 2 N–H and O–H groups in total. The standard InChI is InChI=1S/C14H23BrN4S/c1-3-11-13(15)12(19(4-2)17-11)9-18-7-5-10(6-8-18)14(16)20/h10H,3-9H2,1-2H3,(H2,16,20). The van der Waals surface area contributed by atoms with Crippen LogP contribution >= 0.6 is 28.1 Å². The normalized spacial score (nSPS) is 17.6. The molecule has 1 saturated heterocycles. The molecular formula is C14H23BrN4S. The number of rotatable bonds is 5. The fourth-order valence-electron chi connectivity index (χ4n) is 2.76. The van der Waals surface area contributed by atoms with Gasteiger partial charge in [0, 0.05) is 19.0 Å². The van der Waals surface area contributed by atoms with E-state index in [1.165, 1.54) is 10.2 Å². The summed E-state index contributed by atoms with van der Waals surface area (Å²) in [5.74, 6) is 0.423. The van der Waals surface area contributed by atoms with Gasteiger partial charge >= 0.3 is 0 Å². The predicted octanol–water partition coefficient (Wildman–Crippen LogP) is 2.73. The molecule has 0 saturated carbocycles. The number of likely N-dealkylation sites (tertiary alicyclic amines) is 1. The number of aromatic nitrogens is 2. The lowest BCUT2D eigenvalue weighted by Crippen LogP contribution is -2.37. The van der Waals surface area contributed by atoms with E-state index < -0.39 is 0 Å². The van der Waals surface area contributed by atoms with Gasteiger partial charge < -0.3 is 5.73 Å². The Balaban J connectivity index is 2.04. The first-order valence-corrected chi connectivity index (χ1v) is 8.52. The number of hydrogen-bond acceptors (Lipinski definition) is 3. The minimum atomic E-state index is 0.423. The lowest BCUT2D eigenvalue weighted by Gasteiger charge is -2.31. The Kier molecular flexibility index (Phi) is 5.57. The lowest BCUT2D eigenvalue weighted by molar-refractivity contribution is 0.197. The third kappa shape index (κ3) is 3.40. The maximum Gasteiger partial charge on any atom is 0.0767 e. The molecule has 1 aliphatic rings. The summed E-state index contributed by atoms with van der Waals surface area (Å²) in [7, 11) is 0. The first kappa shape index (κ1) is 15.9. The van der Waals surface area contributed by atoms with Gasteiger partial charge in [-0.3, -0.25) is 9.58 Å². The van der Waals surface area contributed by atoms with Crippen LogP contribution in [-0.4, -0.2) is 32.8 Å². The van der Waals surface area contributed by atoms with Gasteiger partial charge in [-0.15, -0.1) is 0 Å². The average molecular weight is 359 g/mol. The molecule has 1 fully saturated rings. The van der Waals surface area contributed by atoms with Gasteiger partial charge in [-0.05, 0) is 55.2 Å². The summed E-state index contributed by atoms with van der Waals surface area (Å²) in [5.41, 5.74) is 8.19. The Morgan fingerprint density at radius 1 is 1.40 bits per heavy atom. The molecule has 20 heavy (non-hydrogen) atoms. The van der Waals surface area contributed by atoms with E-state index in [-0.39, 0.29) is 0 Å². The highest BCUT2D eigenvalue weighted by molar-refractivity contribution is 9.10. The van der Waals surface area contributed by atoms with Crippen LogP contribution in [0.2, 0.25) is 0 Å². The van der Waals surface area contributed by atoms with Crippen molar-refractivity contribution in [2.45, 2.75) is 46.2 Å². The molecule has 6 heteroatoms. The molecule has 0 atom stereocenters. The fourth-order valence-corrected chi connectivity index (χ4v) is 3.68. The van der Waals surface area contributed by atoms with Crippen molar-refractivity contribution < 1.29 is 0 Å². The maximum absolute atomic E-state index is 5.75. The largest absolute Gasteiger partial charge is 0.393 e. The van der Waals surface area contributed by atoms with E-state index in [1.54, 1.807) is 0 Å². The summed E-state index contributed by atoms with van der Waals surface area (Å²) < 4.78 is 3.29. The predicted molar refractivity (Wildman–Crippen MR) is 89.8 cm³/mol. The minimum Gasteiger partial charge on any atom is -0.393 e. The second-order valence-electron chi connectivity index (χ2n) is 5.33. The van der Waals surface area contributed by atoms with Crippen molar-refractivity contribution in [2.75, 3.05) is 13.1 Å². The van der Waals surface area contributed by atoms with Gasteiger partial charge in [0.1, 0.15) is 0 Å². The summed E-state index contributed by atoms with van der Waals surface area (Å²) >= 11 is 8.82. The highest BCUT2D eigenvalue weighted by Crippen LogP contribution is 2.26.